The molecule has 1 N–H and O–H groups in total. The first kappa shape index (κ1) is 15.1. The van der Waals surface area contributed by atoms with E-state index in [1.54, 1.807) is 36.5 Å². The topological polar surface area (TPSA) is 60.3 Å². The number of carbonyl (C=O) groups is 1. The van der Waals surface area contributed by atoms with Gasteiger partial charge in [-0.05, 0) is 42.8 Å². The Bertz CT molecular complexity index is 725. The molecule has 0 aliphatic rings. The van der Waals surface area contributed by atoms with Crippen molar-refractivity contribution in [2.45, 2.75) is 13.5 Å². The highest BCUT2D eigenvalue weighted by molar-refractivity contribution is 6.30. The summed E-state index contributed by atoms with van der Waals surface area (Å²) in [7, 11) is 1.41. The van der Waals surface area contributed by atoms with E-state index in [0.717, 1.165) is 5.56 Å². The molecule has 0 spiro atoms. The third-order valence-corrected chi connectivity index (χ3v) is 3.22. The van der Waals surface area contributed by atoms with Crippen LogP contribution >= 0.6 is 11.6 Å². The van der Waals surface area contributed by atoms with E-state index in [9.17, 15) is 9.59 Å². The number of anilines is 1. The SMILES string of the molecule is COc1cccn(CC(=O)Nc2ccc(Cl)cc2C)c1=O. The number of nitrogens with zero attached hydrogens (tertiary/aromatic N) is 1. The minimum absolute atomic E-state index is 0.0852. The fraction of sp³-hybridized carbons (Fsp3) is 0.200. The average Bonchev–Trinajstić information content (AvgIpc) is 2.44. The standard InChI is InChI=1S/C15H15ClN2O3/c1-10-8-11(16)5-6-12(10)17-14(19)9-18-7-3-4-13(21-2)15(18)20/h3-8H,9H2,1-2H3,(H,17,19). The molecule has 0 unspecified atom stereocenters. The molecule has 5 nitrogen and oxygen atoms in total. The lowest BCUT2D eigenvalue weighted by Crippen LogP contribution is -2.27. The number of carbonyl (C=O) groups excluding carboxylic acids is 1. The number of ether oxygens (including phenoxy) is 1. The van der Waals surface area contributed by atoms with Crippen molar-refractivity contribution in [1.82, 2.24) is 4.57 Å². The number of methoxy groups -OCH3 is 1. The molecule has 1 heterocycles. The van der Waals surface area contributed by atoms with Gasteiger partial charge in [-0.25, -0.2) is 0 Å². The van der Waals surface area contributed by atoms with Crippen LogP contribution in [0.4, 0.5) is 5.69 Å². The molecule has 0 atom stereocenters. The van der Waals surface area contributed by atoms with E-state index in [-0.39, 0.29) is 23.8 Å². The van der Waals surface area contributed by atoms with Crippen molar-refractivity contribution in [3.8, 4) is 5.75 Å². The maximum absolute atomic E-state index is 12.0. The van der Waals surface area contributed by atoms with Crippen molar-refractivity contribution in [3.63, 3.8) is 0 Å². The zero-order chi connectivity index (χ0) is 15.4. The number of nitrogens with one attached hydrogen (secondary N) is 1. The first-order chi connectivity index (χ1) is 10.0. The molecule has 0 saturated heterocycles. The summed E-state index contributed by atoms with van der Waals surface area (Å²) in [5, 5.41) is 3.36. The molecule has 0 radical (unpaired) electrons. The summed E-state index contributed by atoms with van der Waals surface area (Å²) in [6, 6.07) is 8.39. The van der Waals surface area contributed by atoms with E-state index in [4.69, 9.17) is 16.3 Å². The van der Waals surface area contributed by atoms with Gasteiger partial charge in [-0.1, -0.05) is 11.6 Å². The van der Waals surface area contributed by atoms with E-state index in [2.05, 4.69) is 5.32 Å². The van der Waals surface area contributed by atoms with Gasteiger partial charge in [0.05, 0.1) is 7.11 Å². The van der Waals surface area contributed by atoms with Crippen LogP contribution < -0.4 is 15.6 Å². The Hall–Kier alpha value is -2.27. The second kappa shape index (κ2) is 6.45. The zero-order valence-corrected chi connectivity index (χ0v) is 12.5. The molecular formula is C15H15ClN2O3. The van der Waals surface area contributed by atoms with Gasteiger partial charge in [0.25, 0.3) is 5.56 Å². The second-order valence-corrected chi connectivity index (χ2v) is 4.95. The van der Waals surface area contributed by atoms with Gasteiger partial charge < -0.3 is 14.6 Å². The monoisotopic (exact) mass is 306 g/mol. The minimum atomic E-state index is -0.344. The van der Waals surface area contributed by atoms with E-state index in [1.807, 2.05) is 6.92 Å². The summed E-state index contributed by atoms with van der Waals surface area (Å²) in [4.78, 5) is 24.0. The van der Waals surface area contributed by atoms with Crippen molar-refractivity contribution < 1.29 is 9.53 Å². The molecule has 2 aromatic rings. The zero-order valence-electron chi connectivity index (χ0n) is 11.7. The van der Waals surface area contributed by atoms with Crippen LogP contribution in [0.2, 0.25) is 5.02 Å². The summed E-state index contributed by atoms with van der Waals surface area (Å²) in [5.74, 6) is -0.0938. The van der Waals surface area contributed by atoms with Crippen molar-refractivity contribution >= 4 is 23.2 Å². The molecule has 0 fully saturated rings. The van der Waals surface area contributed by atoms with Crippen LogP contribution in [0.5, 0.6) is 5.75 Å². The maximum Gasteiger partial charge on any atom is 0.293 e. The second-order valence-electron chi connectivity index (χ2n) is 4.52. The van der Waals surface area contributed by atoms with Crippen LogP contribution in [-0.4, -0.2) is 17.6 Å². The highest BCUT2D eigenvalue weighted by Gasteiger charge is 2.09. The number of hydrogen-bond donors (Lipinski definition) is 1. The summed E-state index contributed by atoms with van der Waals surface area (Å²) in [6.45, 7) is 1.76. The normalized spacial score (nSPS) is 10.2. The number of halogens is 1. The van der Waals surface area contributed by atoms with Crippen LogP contribution in [0.3, 0.4) is 0 Å². The third kappa shape index (κ3) is 3.64. The molecule has 1 aromatic heterocycles. The molecule has 0 aliphatic heterocycles. The summed E-state index contributed by atoms with van der Waals surface area (Å²) in [6.07, 6.45) is 1.54. The Labute approximate surface area is 127 Å². The van der Waals surface area contributed by atoms with Gasteiger partial charge in [0.15, 0.2) is 5.75 Å². The fourth-order valence-electron chi connectivity index (χ4n) is 1.91. The Kier molecular flexibility index (Phi) is 4.65. The van der Waals surface area contributed by atoms with Crippen LogP contribution in [0.25, 0.3) is 0 Å². The number of pyridine rings is 1. The van der Waals surface area contributed by atoms with E-state index >= 15 is 0 Å². The highest BCUT2D eigenvalue weighted by Crippen LogP contribution is 2.19. The first-order valence-electron chi connectivity index (χ1n) is 6.30. The molecule has 0 aliphatic carbocycles. The fourth-order valence-corrected chi connectivity index (χ4v) is 2.13. The minimum Gasteiger partial charge on any atom is -0.491 e. The molecule has 1 amide bonds. The lowest BCUT2D eigenvalue weighted by molar-refractivity contribution is -0.116. The number of hydrogen-bond acceptors (Lipinski definition) is 3. The number of rotatable bonds is 4. The molecule has 0 saturated carbocycles. The van der Waals surface area contributed by atoms with Gasteiger partial charge >= 0.3 is 0 Å². The van der Waals surface area contributed by atoms with Crippen LogP contribution in [-0.2, 0) is 11.3 Å². The Morgan fingerprint density at radius 1 is 1.38 bits per heavy atom. The molecule has 1 aromatic carbocycles. The van der Waals surface area contributed by atoms with Crippen molar-refractivity contribution in [3.05, 3.63) is 57.5 Å². The van der Waals surface area contributed by atoms with Crippen molar-refractivity contribution in [2.75, 3.05) is 12.4 Å². The molecule has 0 bridgehead atoms. The van der Waals surface area contributed by atoms with E-state index in [1.165, 1.54) is 11.7 Å². The summed E-state index contributed by atoms with van der Waals surface area (Å²) >= 11 is 5.87. The van der Waals surface area contributed by atoms with E-state index in [0.29, 0.717) is 10.7 Å². The largest absolute Gasteiger partial charge is 0.491 e. The van der Waals surface area contributed by atoms with Crippen LogP contribution in [0.15, 0.2) is 41.3 Å². The quantitative estimate of drug-likeness (QED) is 0.944. The Morgan fingerprint density at radius 2 is 2.14 bits per heavy atom. The maximum atomic E-state index is 12.0. The van der Waals surface area contributed by atoms with Gasteiger partial charge in [-0.15, -0.1) is 0 Å². The van der Waals surface area contributed by atoms with Crippen LogP contribution in [0, 0.1) is 6.92 Å². The highest BCUT2D eigenvalue weighted by atomic mass is 35.5. The number of benzene rings is 1. The summed E-state index contributed by atoms with van der Waals surface area (Å²) in [5.41, 5.74) is 1.18. The number of amides is 1. The third-order valence-electron chi connectivity index (χ3n) is 2.98. The predicted octanol–water partition coefficient (Wildman–Crippen LogP) is 2.46. The average molecular weight is 307 g/mol. The Balaban J connectivity index is 2.14. The predicted molar refractivity (Wildman–Crippen MR) is 82.1 cm³/mol. The van der Waals surface area contributed by atoms with Gasteiger partial charge in [-0.2, -0.15) is 0 Å². The number of aryl methyl sites for hydroxylation is 1. The van der Waals surface area contributed by atoms with E-state index < -0.39 is 0 Å². The number of aromatic nitrogens is 1. The molecular weight excluding hydrogens is 292 g/mol. The van der Waals surface area contributed by atoms with Crippen molar-refractivity contribution in [1.29, 1.82) is 0 Å². The molecule has 21 heavy (non-hydrogen) atoms. The summed E-state index contributed by atoms with van der Waals surface area (Å²) < 4.78 is 6.23. The van der Waals surface area contributed by atoms with Gasteiger partial charge in [-0.3, -0.25) is 9.59 Å². The first-order valence-corrected chi connectivity index (χ1v) is 6.68. The lowest BCUT2D eigenvalue weighted by Gasteiger charge is -2.10. The smallest absolute Gasteiger partial charge is 0.293 e. The molecule has 110 valence electrons. The van der Waals surface area contributed by atoms with Crippen LogP contribution in [0.1, 0.15) is 5.56 Å². The van der Waals surface area contributed by atoms with Gasteiger partial charge in [0, 0.05) is 16.9 Å². The molecule has 6 heteroatoms. The lowest BCUT2D eigenvalue weighted by atomic mass is 10.2. The Morgan fingerprint density at radius 3 is 2.81 bits per heavy atom. The molecule has 2 rings (SSSR count). The van der Waals surface area contributed by atoms with Gasteiger partial charge in [0.1, 0.15) is 6.54 Å². The van der Waals surface area contributed by atoms with Crippen molar-refractivity contribution in [2.24, 2.45) is 0 Å². The van der Waals surface area contributed by atoms with Gasteiger partial charge in [0.2, 0.25) is 5.91 Å².